The minimum Gasteiger partial charge on any atom is -0.355 e. The van der Waals surface area contributed by atoms with Crippen molar-refractivity contribution in [3.05, 3.63) is 70.8 Å². The van der Waals surface area contributed by atoms with Crippen LogP contribution in [0.5, 0.6) is 0 Å². The summed E-state index contributed by atoms with van der Waals surface area (Å²) < 4.78 is 0. The van der Waals surface area contributed by atoms with Crippen LogP contribution in [0, 0.1) is 0 Å². The molecular formula is C21H22N2O2. The molecule has 2 aromatic rings. The van der Waals surface area contributed by atoms with Crippen molar-refractivity contribution in [1.29, 1.82) is 0 Å². The lowest BCUT2D eigenvalue weighted by Crippen LogP contribution is -2.30. The van der Waals surface area contributed by atoms with Crippen LogP contribution < -0.4 is 5.32 Å². The molecule has 0 bridgehead atoms. The van der Waals surface area contributed by atoms with E-state index in [2.05, 4.69) is 19.2 Å². The average Bonchev–Trinajstić information content (AvgIpc) is 2.60. The molecule has 1 amide bonds. The highest BCUT2D eigenvalue weighted by atomic mass is 16.1. The summed E-state index contributed by atoms with van der Waals surface area (Å²) in [7, 11) is 1.62. The Hall–Kier alpha value is -2.75. The molecule has 0 fully saturated rings. The minimum absolute atomic E-state index is 0.0541. The molecule has 3 rings (SSSR count). The number of fused-ring (bicyclic) bond motifs is 1. The van der Waals surface area contributed by atoms with Crippen molar-refractivity contribution in [2.24, 2.45) is 4.99 Å². The summed E-state index contributed by atoms with van der Waals surface area (Å²) in [6.07, 6.45) is 1.01. The van der Waals surface area contributed by atoms with Crippen molar-refractivity contribution in [3.63, 3.8) is 0 Å². The Morgan fingerprint density at radius 2 is 1.80 bits per heavy atom. The Bertz CT molecular complexity index is 851. The van der Waals surface area contributed by atoms with Crippen LogP contribution in [0.25, 0.3) is 0 Å². The molecule has 4 nitrogen and oxygen atoms in total. The first kappa shape index (κ1) is 17.1. The van der Waals surface area contributed by atoms with Gasteiger partial charge in [-0.05, 0) is 43.5 Å². The van der Waals surface area contributed by atoms with Gasteiger partial charge >= 0.3 is 0 Å². The third kappa shape index (κ3) is 3.68. The zero-order valence-electron chi connectivity index (χ0n) is 14.8. The van der Waals surface area contributed by atoms with Crippen LogP contribution in [0.15, 0.2) is 53.5 Å². The van der Waals surface area contributed by atoms with E-state index in [1.54, 1.807) is 13.1 Å². The second-order valence-corrected chi connectivity index (χ2v) is 6.96. The first-order valence-electron chi connectivity index (χ1n) is 8.42. The van der Waals surface area contributed by atoms with Gasteiger partial charge in [-0.25, -0.2) is 0 Å². The summed E-state index contributed by atoms with van der Waals surface area (Å²) in [5, 5.41) is 2.65. The van der Waals surface area contributed by atoms with Gasteiger partial charge in [0, 0.05) is 18.2 Å². The van der Waals surface area contributed by atoms with Crippen molar-refractivity contribution in [2.45, 2.75) is 32.2 Å². The van der Waals surface area contributed by atoms with Crippen LogP contribution in [0.3, 0.4) is 0 Å². The zero-order valence-corrected chi connectivity index (χ0v) is 14.8. The first-order valence-corrected chi connectivity index (χ1v) is 8.42. The minimum atomic E-state index is -0.291. The third-order valence-electron chi connectivity index (χ3n) is 4.39. The van der Waals surface area contributed by atoms with E-state index in [0.29, 0.717) is 11.1 Å². The molecule has 25 heavy (non-hydrogen) atoms. The Morgan fingerprint density at radius 3 is 2.48 bits per heavy atom. The van der Waals surface area contributed by atoms with Gasteiger partial charge in [0.1, 0.15) is 0 Å². The standard InChI is InChI=1S/C21H22N2O2/c1-21(2)13-16-11-15(20(25)22-3)9-10-17(16)18(23-21)12-19(24)14-7-5-4-6-8-14/h4-11H,12-13H2,1-3H3,(H,22,25). The number of nitrogens with one attached hydrogen (secondary N) is 1. The van der Waals surface area contributed by atoms with Crippen LogP contribution in [0.1, 0.15) is 52.1 Å². The van der Waals surface area contributed by atoms with Crippen molar-refractivity contribution < 1.29 is 9.59 Å². The van der Waals surface area contributed by atoms with E-state index in [1.807, 2.05) is 42.5 Å². The molecule has 1 heterocycles. The molecule has 4 heteroatoms. The van der Waals surface area contributed by atoms with Crippen molar-refractivity contribution in [1.82, 2.24) is 5.32 Å². The molecule has 1 aliphatic rings. The van der Waals surface area contributed by atoms with E-state index in [0.717, 1.165) is 23.3 Å². The lowest BCUT2D eigenvalue weighted by atomic mass is 9.84. The fourth-order valence-corrected chi connectivity index (χ4v) is 3.25. The molecular weight excluding hydrogens is 312 g/mol. The Labute approximate surface area is 148 Å². The number of hydrogen-bond donors (Lipinski definition) is 1. The van der Waals surface area contributed by atoms with E-state index in [-0.39, 0.29) is 23.7 Å². The number of nitrogens with zero attached hydrogens (tertiary/aromatic N) is 1. The van der Waals surface area contributed by atoms with Crippen LogP contribution >= 0.6 is 0 Å². The monoisotopic (exact) mass is 334 g/mol. The maximum atomic E-state index is 12.6. The van der Waals surface area contributed by atoms with Gasteiger partial charge in [0.15, 0.2) is 5.78 Å². The third-order valence-corrected chi connectivity index (χ3v) is 4.39. The molecule has 0 radical (unpaired) electrons. The first-order chi connectivity index (χ1) is 11.9. The molecule has 0 atom stereocenters. The summed E-state index contributed by atoms with van der Waals surface area (Å²) in [6.45, 7) is 4.10. The smallest absolute Gasteiger partial charge is 0.251 e. The SMILES string of the molecule is CNC(=O)c1ccc2c(c1)CC(C)(C)N=C2CC(=O)c1ccccc1. The van der Waals surface area contributed by atoms with Gasteiger partial charge in [0.05, 0.1) is 17.7 Å². The number of rotatable bonds is 4. The van der Waals surface area contributed by atoms with Gasteiger partial charge in [0.2, 0.25) is 0 Å². The van der Waals surface area contributed by atoms with Crippen LogP contribution in [-0.2, 0) is 6.42 Å². The second kappa shape index (κ2) is 6.63. The number of aliphatic imine (C=N–C) groups is 1. The summed E-state index contributed by atoms with van der Waals surface area (Å²) in [6, 6.07) is 14.9. The van der Waals surface area contributed by atoms with Crippen LogP contribution in [0.4, 0.5) is 0 Å². The topological polar surface area (TPSA) is 58.5 Å². The number of hydrogen-bond acceptors (Lipinski definition) is 3. The van der Waals surface area contributed by atoms with Gasteiger partial charge < -0.3 is 5.32 Å². The molecule has 2 aromatic carbocycles. The van der Waals surface area contributed by atoms with Gasteiger partial charge in [0.25, 0.3) is 5.91 Å². The highest BCUT2D eigenvalue weighted by Gasteiger charge is 2.28. The second-order valence-electron chi connectivity index (χ2n) is 6.96. The quantitative estimate of drug-likeness (QED) is 0.871. The predicted molar refractivity (Wildman–Crippen MR) is 99.5 cm³/mol. The molecule has 1 aliphatic heterocycles. The highest BCUT2D eigenvalue weighted by Crippen LogP contribution is 2.29. The summed E-state index contributed by atoms with van der Waals surface area (Å²) in [5.41, 5.74) is 3.86. The highest BCUT2D eigenvalue weighted by molar-refractivity contribution is 6.17. The molecule has 0 unspecified atom stereocenters. The lowest BCUT2D eigenvalue weighted by molar-refractivity contribution is 0.0961. The fourth-order valence-electron chi connectivity index (χ4n) is 3.25. The van der Waals surface area contributed by atoms with E-state index < -0.39 is 0 Å². The van der Waals surface area contributed by atoms with Gasteiger partial charge in [-0.15, -0.1) is 0 Å². The van der Waals surface area contributed by atoms with Crippen LogP contribution in [-0.4, -0.2) is 30.0 Å². The summed E-state index contributed by atoms with van der Waals surface area (Å²) in [5.74, 6) is -0.0524. The molecule has 0 spiro atoms. The molecule has 0 aliphatic carbocycles. The van der Waals surface area contributed by atoms with Crippen molar-refractivity contribution >= 4 is 17.4 Å². The van der Waals surface area contributed by atoms with Gasteiger partial charge in [-0.1, -0.05) is 36.4 Å². The Morgan fingerprint density at radius 1 is 1.08 bits per heavy atom. The average molecular weight is 334 g/mol. The normalized spacial score (nSPS) is 15.1. The molecule has 1 N–H and O–H groups in total. The number of carbonyl (C=O) groups is 2. The Kier molecular flexibility index (Phi) is 4.53. The van der Waals surface area contributed by atoms with Crippen molar-refractivity contribution in [2.75, 3.05) is 7.05 Å². The molecule has 128 valence electrons. The summed E-state index contributed by atoms with van der Waals surface area (Å²) in [4.78, 5) is 29.3. The number of amides is 1. The molecule has 0 aromatic heterocycles. The molecule has 0 saturated carbocycles. The van der Waals surface area contributed by atoms with Crippen LogP contribution in [0.2, 0.25) is 0 Å². The molecule has 0 saturated heterocycles. The maximum Gasteiger partial charge on any atom is 0.251 e. The predicted octanol–water partition coefficient (Wildman–Crippen LogP) is 3.44. The van der Waals surface area contributed by atoms with E-state index in [4.69, 9.17) is 4.99 Å². The zero-order chi connectivity index (χ0) is 18.0. The maximum absolute atomic E-state index is 12.6. The number of ketones is 1. The fraction of sp³-hybridized carbons (Fsp3) is 0.286. The number of carbonyl (C=O) groups excluding carboxylic acids is 2. The lowest BCUT2D eigenvalue weighted by Gasteiger charge is -2.29. The number of Topliss-reactive ketones (excluding diaryl/α,β-unsaturated/α-hetero) is 1. The largest absolute Gasteiger partial charge is 0.355 e. The van der Waals surface area contributed by atoms with Crippen molar-refractivity contribution in [3.8, 4) is 0 Å². The van der Waals surface area contributed by atoms with E-state index in [1.165, 1.54) is 0 Å². The van der Waals surface area contributed by atoms with E-state index >= 15 is 0 Å². The van der Waals surface area contributed by atoms with E-state index in [9.17, 15) is 9.59 Å². The number of benzene rings is 2. The Balaban J connectivity index is 1.96. The van der Waals surface area contributed by atoms with Gasteiger partial charge in [-0.3, -0.25) is 14.6 Å². The summed E-state index contributed by atoms with van der Waals surface area (Å²) >= 11 is 0. The van der Waals surface area contributed by atoms with Gasteiger partial charge in [-0.2, -0.15) is 0 Å².